The molecule has 0 atom stereocenters. The summed E-state index contributed by atoms with van der Waals surface area (Å²) < 4.78 is 34.2. The second-order valence-corrected chi connectivity index (χ2v) is 8.15. The third-order valence-corrected chi connectivity index (χ3v) is 5.72. The standard InChI is InChI=1S/C20H19F2N7O4S/c1-33-8-7-27-11-23-16-14(27)18(31)29(20(32)28(16)9-12-5-3-2-4-6-12)10-13(30)24-19-26-25-17(34-19)15(21)22/h2-6,11,15H,7-10H2,1H3,(H,24,26,30). The normalized spacial score (nSPS) is 11.4. The summed E-state index contributed by atoms with van der Waals surface area (Å²) in [6.07, 6.45) is -1.39. The number of amides is 1. The van der Waals surface area contributed by atoms with Crippen molar-refractivity contribution in [1.29, 1.82) is 0 Å². The minimum Gasteiger partial charge on any atom is -0.383 e. The van der Waals surface area contributed by atoms with Crippen LogP contribution in [0.25, 0.3) is 11.2 Å². The van der Waals surface area contributed by atoms with Gasteiger partial charge in [-0.15, -0.1) is 10.2 Å². The minimum absolute atomic E-state index is 0.119. The molecular weight excluding hydrogens is 472 g/mol. The summed E-state index contributed by atoms with van der Waals surface area (Å²) in [6, 6.07) is 9.10. The zero-order valence-electron chi connectivity index (χ0n) is 17.9. The number of methoxy groups -OCH3 is 1. The van der Waals surface area contributed by atoms with Crippen molar-refractivity contribution in [2.75, 3.05) is 19.0 Å². The predicted octanol–water partition coefficient (Wildman–Crippen LogP) is 1.48. The van der Waals surface area contributed by atoms with E-state index in [1.165, 1.54) is 18.0 Å². The number of carbonyl (C=O) groups is 1. The SMILES string of the molecule is COCCn1cnc2c1c(=O)n(CC(=O)Nc1nnc(C(F)F)s1)c(=O)n2Cc1ccccc1. The molecule has 11 nitrogen and oxygen atoms in total. The number of hydrogen-bond acceptors (Lipinski definition) is 8. The Morgan fingerprint density at radius 3 is 2.62 bits per heavy atom. The van der Waals surface area contributed by atoms with Gasteiger partial charge in [0.2, 0.25) is 11.0 Å². The van der Waals surface area contributed by atoms with Gasteiger partial charge in [-0.1, -0.05) is 41.7 Å². The van der Waals surface area contributed by atoms with Gasteiger partial charge >= 0.3 is 5.69 Å². The molecule has 3 aromatic heterocycles. The van der Waals surface area contributed by atoms with Gasteiger partial charge in [0.15, 0.2) is 16.2 Å². The maximum absolute atomic E-state index is 13.3. The molecule has 0 aliphatic rings. The van der Waals surface area contributed by atoms with Crippen molar-refractivity contribution < 1.29 is 18.3 Å². The van der Waals surface area contributed by atoms with Crippen LogP contribution < -0.4 is 16.6 Å². The Labute approximate surface area is 194 Å². The van der Waals surface area contributed by atoms with Crippen LogP contribution in [0.4, 0.5) is 13.9 Å². The Morgan fingerprint density at radius 1 is 1.18 bits per heavy atom. The highest BCUT2D eigenvalue weighted by molar-refractivity contribution is 7.15. The first-order valence-corrected chi connectivity index (χ1v) is 10.8. The first-order chi connectivity index (χ1) is 16.4. The number of nitrogens with zero attached hydrogens (tertiary/aromatic N) is 6. The lowest BCUT2D eigenvalue weighted by molar-refractivity contribution is -0.116. The van der Waals surface area contributed by atoms with Gasteiger partial charge in [0.1, 0.15) is 6.54 Å². The van der Waals surface area contributed by atoms with Gasteiger partial charge in [-0.2, -0.15) is 0 Å². The Bertz CT molecular complexity index is 1430. The van der Waals surface area contributed by atoms with Gasteiger partial charge < -0.3 is 9.30 Å². The Kier molecular flexibility index (Phi) is 6.88. The van der Waals surface area contributed by atoms with E-state index in [9.17, 15) is 23.2 Å². The maximum atomic E-state index is 13.3. The van der Waals surface area contributed by atoms with Gasteiger partial charge in [0.05, 0.1) is 19.5 Å². The van der Waals surface area contributed by atoms with Crippen LogP contribution in [0.3, 0.4) is 0 Å². The number of hydrogen-bond donors (Lipinski definition) is 1. The molecule has 0 fully saturated rings. The number of nitrogens with one attached hydrogen (secondary N) is 1. The predicted molar refractivity (Wildman–Crippen MR) is 119 cm³/mol. The smallest absolute Gasteiger partial charge is 0.333 e. The quantitative estimate of drug-likeness (QED) is 0.376. The maximum Gasteiger partial charge on any atom is 0.333 e. The molecule has 0 aliphatic carbocycles. The highest BCUT2D eigenvalue weighted by atomic mass is 32.1. The fourth-order valence-corrected chi connectivity index (χ4v) is 3.94. The van der Waals surface area contributed by atoms with Crippen LogP contribution in [-0.4, -0.2) is 48.5 Å². The zero-order valence-corrected chi connectivity index (χ0v) is 18.7. The highest BCUT2D eigenvalue weighted by Gasteiger charge is 2.21. The van der Waals surface area contributed by atoms with Crippen molar-refractivity contribution in [1.82, 2.24) is 28.9 Å². The average molecular weight is 491 g/mol. The second-order valence-electron chi connectivity index (χ2n) is 7.14. The Hall–Kier alpha value is -3.78. The molecule has 34 heavy (non-hydrogen) atoms. The fraction of sp³-hybridized carbons (Fsp3) is 0.300. The highest BCUT2D eigenvalue weighted by Crippen LogP contribution is 2.25. The average Bonchev–Trinajstić information content (AvgIpc) is 3.46. The summed E-state index contributed by atoms with van der Waals surface area (Å²) in [4.78, 5) is 43.3. The number of benzene rings is 1. The van der Waals surface area contributed by atoms with Crippen molar-refractivity contribution in [2.24, 2.45) is 0 Å². The van der Waals surface area contributed by atoms with Crippen LogP contribution in [0.5, 0.6) is 0 Å². The summed E-state index contributed by atoms with van der Waals surface area (Å²) in [6.45, 7) is 0.0703. The van der Waals surface area contributed by atoms with E-state index >= 15 is 0 Å². The summed E-state index contributed by atoms with van der Waals surface area (Å²) in [5.74, 6) is -0.787. The van der Waals surface area contributed by atoms with E-state index in [1.54, 1.807) is 4.57 Å². The lowest BCUT2D eigenvalue weighted by atomic mass is 10.2. The summed E-state index contributed by atoms with van der Waals surface area (Å²) >= 11 is 0.506. The number of ether oxygens (including phenoxy) is 1. The molecular formula is C20H19F2N7O4S. The van der Waals surface area contributed by atoms with E-state index in [2.05, 4.69) is 20.5 Å². The van der Waals surface area contributed by atoms with E-state index in [0.717, 1.165) is 10.1 Å². The molecule has 3 heterocycles. The molecule has 4 rings (SSSR count). The van der Waals surface area contributed by atoms with Gasteiger partial charge in [-0.25, -0.2) is 23.1 Å². The molecule has 0 aliphatic heterocycles. The molecule has 0 saturated heterocycles. The van der Waals surface area contributed by atoms with Gasteiger partial charge in [-0.3, -0.25) is 19.5 Å². The number of carbonyl (C=O) groups excluding carboxylic acids is 1. The monoisotopic (exact) mass is 491 g/mol. The molecule has 14 heteroatoms. The lowest BCUT2D eigenvalue weighted by Crippen LogP contribution is -2.43. The van der Waals surface area contributed by atoms with Crippen molar-refractivity contribution in [3.8, 4) is 0 Å². The molecule has 0 radical (unpaired) electrons. The van der Waals surface area contributed by atoms with Gasteiger partial charge in [0, 0.05) is 13.7 Å². The van der Waals surface area contributed by atoms with E-state index in [1.807, 2.05) is 30.3 Å². The van der Waals surface area contributed by atoms with Crippen molar-refractivity contribution in [3.63, 3.8) is 0 Å². The van der Waals surface area contributed by atoms with Gasteiger partial charge in [0.25, 0.3) is 12.0 Å². The number of imidazole rings is 1. The third-order valence-electron chi connectivity index (χ3n) is 4.88. The van der Waals surface area contributed by atoms with Crippen LogP contribution in [0.15, 0.2) is 46.2 Å². The Morgan fingerprint density at radius 2 is 1.94 bits per heavy atom. The van der Waals surface area contributed by atoms with Crippen LogP contribution in [-0.2, 0) is 29.2 Å². The number of rotatable bonds is 9. The van der Waals surface area contributed by atoms with Crippen LogP contribution in [0.1, 0.15) is 17.0 Å². The van der Waals surface area contributed by atoms with Crippen LogP contribution >= 0.6 is 11.3 Å². The summed E-state index contributed by atoms with van der Waals surface area (Å²) in [5, 5.41) is 8.36. The number of aromatic nitrogens is 6. The summed E-state index contributed by atoms with van der Waals surface area (Å²) in [5.41, 5.74) is -0.341. The first-order valence-electron chi connectivity index (χ1n) is 10.0. The molecule has 1 amide bonds. The fourth-order valence-electron chi connectivity index (χ4n) is 3.32. The second kappa shape index (κ2) is 10.0. The number of halogens is 2. The number of anilines is 1. The first kappa shape index (κ1) is 23.4. The van der Waals surface area contributed by atoms with Gasteiger partial charge in [-0.05, 0) is 5.56 Å². The van der Waals surface area contributed by atoms with E-state index in [0.29, 0.717) is 24.5 Å². The number of alkyl halides is 2. The molecule has 178 valence electrons. The largest absolute Gasteiger partial charge is 0.383 e. The molecule has 1 N–H and O–H groups in total. The van der Waals surface area contributed by atoms with Crippen molar-refractivity contribution in [2.45, 2.75) is 26.1 Å². The topological polar surface area (TPSA) is 126 Å². The minimum atomic E-state index is -2.83. The van der Waals surface area contributed by atoms with E-state index in [-0.39, 0.29) is 22.8 Å². The third kappa shape index (κ3) is 4.77. The Balaban J connectivity index is 1.74. The molecule has 0 unspecified atom stereocenters. The van der Waals surface area contributed by atoms with E-state index in [4.69, 9.17) is 4.74 Å². The van der Waals surface area contributed by atoms with Crippen molar-refractivity contribution in [3.05, 3.63) is 68.1 Å². The van der Waals surface area contributed by atoms with Crippen molar-refractivity contribution >= 4 is 33.5 Å². The van der Waals surface area contributed by atoms with E-state index < -0.39 is 35.1 Å². The lowest BCUT2D eigenvalue weighted by Gasteiger charge is -2.12. The molecule has 0 saturated carbocycles. The zero-order chi connectivity index (χ0) is 24.2. The van der Waals surface area contributed by atoms with Crippen LogP contribution in [0.2, 0.25) is 0 Å². The molecule has 4 aromatic rings. The molecule has 0 bridgehead atoms. The molecule has 1 aromatic carbocycles. The molecule has 0 spiro atoms. The number of fused-ring (bicyclic) bond motifs is 1. The summed E-state index contributed by atoms with van der Waals surface area (Å²) in [7, 11) is 1.51. The van der Waals surface area contributed by atoms with Crippen LogP contribution in [0, 0.1) is 0 Å².